The van der Waals surface area contributed by atoms with E-state index in [9.17, 15) is 0 Å². The van der Waals surface area contributed by atoms with Crippen molar-refractivity contribution in [2.24, 2.45) is 11.7 Å². The maximum absolute atomic E-state index is 6.07. The van der Waals surface area contributed by atoms with Crippen molar-refractivity contribution < 1.29 is 0 Å². The molecule has 92 valence electrons. The molecule has 0 amide bonds. The quantitative estimate of drug-likeness (QED) is 0.828. The Labute approximate surface area is 104 Å². The minimum absolute atomic E-state index is 0.461. The van der Waals surface area contributed by atoms with Gasteiger partial charge in [-0.25, -0.2) is 0 Å². The van der Waals surface area contributed by atoms with Crippen molar-refractivity contribution in [2.45, 2.75) is 57.4 Å². The number of nitrogens with two attached hydrogens (primary N) is 1. The van der Waals surface area contributed by atoms with Crippen molar-refractivity contribution in [2.75, 3.05) is 0 Å². The van der Waals surface area contributed by atoms with Crippen LogP contribution in [0, 0.1) is 5.92 Å². The number of hydrogen-bond donors (Lipinski definition) is 1. The normalized spacial score (nSPS) is 28.1. The summed E-state index contributed by atoms with van der Waals surface area (Å²) in [6.07, 6.45) is 10.4. The van der Waals surface area contributed by atoms with E-state index < -0.39 is 0 Å². The lowest BCUT2D eigenvalue weighted by atomic mass is 9.82. The average Bonchev–Trinajstić information content (AvgIpc) is 2.76. The smallest absolute Gasteiger partial charge is 0.00415 e. The third-order valence-corrected chi connectivity index (χ3v) is 4.51. The van der Waals surface area contributed by atoms with Crippen molar-refractivity contribution in [3.63, 3.8) is 0 Å². The Kier molecular flexibility index (Phi) is 3.19. The molecule has 1 aromatic rings. The maximum atomic E-state index is 6.07. The maximum Gasteiger partial charge on any atom is 0.00415 e. The van der Waals surface area contributed by atoms with Crippen LogP contribution in [0.2, 0.25) is 0 Å². The second-order valence-corrected chi connectivity index (χ2v) is 5.95. The summed E-state index contributed by atoms with van der Waals surface area (Å²) in [5.41, 5.74) is 10.8. The molecule has 2 aliphatic rings. The van der Waals surface area contributed by atoms with Gasteiger partial charge in [0.15, 0.2) is 0 Å². The molecule has 1 heteroatoms. The van der Waals surface area contributed by atoms with E-state index in [0.717, 1.165) is 5.92 Å². The first-order valence-electron chi connectivity index (χ1n) is 7.17. The largest absolute Gasteiger partial charge is 0.328 e. The van der Waals surface area contributed by atoms with Gasteiger partial charge in [-0.15, -0.1) is 0 Å². The zero-order valence-corrected chi connectivity index (χ0v) is 10.6. The number of benzene rings is 1. The molecule has 1 aromatic carbocycles. The Morgan fingerprint density at radius 1 is 1.06 bits per heavy atom. The van der Waals surface area contributed by atoms with E-state index in [1.54, 1.807) is 16.7 Å². The number of fused-ring (bicyclic) bond motifs is 1. The van der Waals surface area contributed by atoms with Crippen molar-refractivity contribution >= 4 is 0 Å². The first kappa shape index (κ1) is 11.3. The molecule has 2 aliphatic carbocycles. The van der Waals surface area contributed by atoms with Crippen molar-refractivity contribution in [1.82, 2.24) is 0 Å². The second-order valence-electron chi connectivity index (χ2n) is 5.95. The molecule has 0 radical (unpaired) electrons. The molecule has 2 atom stereocenters. The highest BCUT2D eigenvalue weighted by molar-refractivity contribution is 5.35. The highest BCUT2D eigenvalue weighted by Gasteiger charge is 2.20. The van der Waals surface area contributed by atoms with E-state index in [1.165, 1.54) is 51.4 Å². The summed E-state index contributed by atoms with van der Waals surface area (Å²) in [5.74, 6) is 0.832. The van der Waals surface area contributed by atoms with Gasteiger partial charge in [0.1, 0.15) is 0 Å². The molecule has 1 saturated carbocycles. The molecule has 0 saturated heterocycles. The van der Waals surface area contributed by atoms with Gasteiger partial charge in [-0.1, -0.05) is 31.0 Å². The Balaban J connectivity index is 1.68. The zero-order valence-electron chi connectivity index (χ0n) is 10.6. The predicted octanol–water partition coefficient (Wildman–Crippen LogP) is 3.24. The van der Waals surface area contributed by atoms with Crippen LogP contribution in [0.15, 0.2) is 18.2 Å². The third kappa shape index (κ3) is 2.55. The van der Waals surface area contributed by atoms with E-state index in [1.807, 2.05) is 0 Å². The van der Waals surface area contributed by atoms with Crippen LogP contribution in [-0.4, -0.2) is 6.04 Å². The molecule has 1 nitrogen and oxygen atoms in total. The summed E-state index contributed by atoms with van der Waals surface area (Å²) in [7, 11) is 0. The molecule has 2 N–H and O–H groups in total. The molecule has 0 spiro atoms. The van der Waals surface area contributed by atoms with Crippen LogP contribution in [-0.2, 0) is 19.3 Å². The number of aryl methyl sites for hydroxylation is 2. The van der Waals surface area contributed by atoms with Crippen molar-refractivity contribution in [1.29, 1.82) is 0 Å². The van der Waals surface area contributed by atoms with Crippen molar-refractivity contribution in [3.8, 4) is 0 Å². The minimum atomic E-state index is 0.461. The fourth-order valence-corrected chi connectivity index (χ4v) is 3.60. The molecular weight excluding hydrogens is 206 g/mol. The highest BCUT2D eigenvalue weighted by Crippen LogP contribution is 2.28. The topological polar surface area (TPSA) is 26.0 Å². The number of rotatable bonds is 2. The Morgan fingerprint density at radius 2 is 1.94 bits per heavy atom. The zero-order chi connectivity index (χ0) is 11.7. The SMILES string of the molecule is NC1CCCC(Cc2ccc3c(c2)CCC3)C1. The van der Waals surface area contributed by atoms with Crippen LogP contribution in [0.3, 0.4) is 0 Å². The van der Waals surface area contributed by atoms with E-state index in [-0.39, 0.29) is 0 Å². The first-order valence-corrected chi connectivity index (χ1v) is 7.17. The molecule has 0 heterocycles. The summed E-state index contributed by atoms with van der Waals surface area (Å²) in [5, 5.41) is 0. The fourth-order valence-electron chi connectivity index (χ4n) is 3.60. The summed E-state index contributed by atoms with van der Waals surface area (Å²) in [6, 6.07) is 7.64. The molecular formula is C16H23N. The van der Waals surface area contributed by atoms with Crippen LogP contribution in [0.25, 0.3) is 0 Å². The molecule has 17 heavy (non-hydrogen) atoms. The average molecular weight is 229 g/mol. The lowest BCUT2D eigenvalue weighted by Crippen LogP contribution is -2.28. The summed E-state index contributed by atoms with van der Waals surface area (Å²) < 4.78 is 0. The van der Waals surface area contributed by atoms with Gasteiger partial charge in [0, 0.05) is 6.04 Å². The minimum Gasteiger partial charge on any atom is -0.328 e. The van der Waals surface area contributed by atoms with E-state index >= 15 is 0 Å². The van der Waals surface area contributed by atoms with Crippen LogP contribution >= 0.6 is 0 Å². The van der Waals surface area contributed by atoms with Crippen molar-refractivity contribution in [3.05, 3.63) is 34.9 Å². The molecule has 0 bridgehead atoms. The Morgan fingerprint density at radius 3 is 2.82 bits per heavy atom. The van der Waals surface area contributed by atoms with Crippen LogP contribution in [0.5, 0.6) is 0 Å². The van der Waals surface area contributed by atoms with Gasteiger partial charge in [-0.2, -0.15) is 0 Å². The summed E-state index contributed by atoms with van der Waals surface area (Å²) in [6.45, 7) is 0. The Bertz CT molecular complexity index is 397. The van der Waals surface area contributed by atoms with Gasteiger partial charge in [-0.05, 0) is 61.1 Å². The van der Waals surface area contributed by atoms with E-state index in [0.29, 0.717) is 6.04 Å². The second kappa shape index (κ2) is 4.81. The van der Waals surface area contributed by atoms with E-state index in [2.05, 4.69) is 18.2 Å². The van der Waals surface area contributed by atoms with Crippen LogP contribution < -0.4 is 5.73 Å². The van der Waals surface area contributed by atoms with Crippen LogP contribution in [0.1, 0.15) is 48.8 Å². The molecule has 1 fully saturated rings. The Hall–Kier alpha value is -0.820. The lowest BCUT2D eigenvalue weighted by molar-refractivity contribution is 0.321. The van der Waals surface area contributed by atoms with Gasteiger partial charge < -0.3 is 5.73 Å². The van der Waals surface area contributed by atoms with Crippen LogP contribution in [0.4, 0.5) is 0 Å². The highest BCUT2D eigenvalue weighted by atomic mass is 14.6. The molecule has 0 aliphatic heterocycles. The summed E-state index contributed by atoms with van der Waals surface area (Å²) >= 11 is 0. The number of hydrogen-bond acceptors (Lipinski definition) is 1. The predicted molar refractivity (Wildman–Crippen MR) is 72.1 cm³/mol. The molecule has 2 unspecified atom stereocenters. The van der Waals surface area contributed by atoms with Gasteiger partial charge in [0.25, 0.3) is 0 Å². The standard InChI is InChI=1S/C16H23N/c17-16-6-1-3-12(11-16)9-13-7-8-14-4-2-5-15(14)10-13/h7-8,10,12,16H,1-6,9,11,17H2. The fraction of sp³-hybridized carbons (Fsp3) is 0.625. The third-order valence-electron chi connectivity index (χ3n) is 4.51. The van der Waals surface area contributed by atoms with Gasteiger partial charge in [0.2, 0.25) is 0 Å². The van der Waals surface area contributed by atoms with Gasteiger partial charge >= 0.3 is 0 Å². The van der Waals surface area contributed by atoms with Gasteiger partial charge in [-0.3, -0.25) is 0 Å². The summed E-state index contributed by atoms with van der Waals surface area (Å²) in [4.78, 5) is 0. The monoisotopic (exact) mass is 229 g/mol. The lowest BCUT2D eigenvalue weighted by Gasteiger charge is -2.26. The molecule has 0 aromatic heterocycles. The van der Waals surface area contributed by atoms with E-state index in [4.69, 9.17) is 5.73 Å². The van der Waals surface area contributed by atoms with Gasteiger partial charge in [0.05, 0.1) is 0 Å². The first-order chi connectivity index (χ1) is 8.31. The molecule has 3 rings (SSSR count).